The van der Waals surface area contributed by atoms with Crippen LogP contribution in [0.25, 0.3) is 11.1 Å². The topological polar surface area (TPSA) is 141 Å². The Labute approximate surface area is 204 Å². The van der Waals surface area contributed by atoms with E-state index in [9.17, 15) is 26.0 Å². The molecule has 0 atom stereocenters. The van der Waals surface area contributed by atoms with Crippen LogP contribution in [-0.2, 0) is 32.7 Å². The Morgan fingerprint density at radius 2 is 1.77 bits per heavy atom. The van der Waals surface area contributed by atoms with Crippen LogP contribution in [0.4, 0.5) is 10.2 Å². The minimum absolute atomic E-state index is 0.0334. The summed E-state index contributed by atoms with van der Waals surface area (Å²) in [5.74, 6) is -0.780. The lowest BCUT2D eigenvalue weighted by atomic mass is 10.0. The molecule has 2 aromatic heterocycles. The number of anilines is 1. The summed E-state index contributed by atoms with van der Waals surface area (Å²) >= 11 is 0. The Balaban J connectivity index is 2.06. The van der Waals surface area contributed by atoms with E-state index in [1.807, 2.05) is 6.92 Å². The molecular formula is C23H28FN3O6S2. The molecule has 0 unspecified atom stereocenters. The molecule has 2 heterocycles. The maximum Gasteiger partial charge on any atom is 0.252 e. The number of pyridine rings is 1. The predicted molar refractivity (Wildman–Crippen MR) is 132 cm³/mol. The molecule has 0 fully saturated rings. The lowest BCUT2D eigenvalue weighted by Crippen LogP contribution is -2.32. The Morgan fingerprint density at radius 1 is 1.11 bits per heavy atom. The van der Waals surface area contributed by atoms with E-state index in [2.05, 4.69) is 4.98 Å². The lowest BCUT2D eigenvalue weighted by molar-refractivity contribution is 0.1000. The van der Waals surface area contributed by atoms with Crippen LogP contribution >= 0.6 is 0 Å². The Bertz CT molecular complexity index is 1450. The van der Waals surface area contributed by atoms with E-state index in [0.29, 0.717) is 35.8 Å². The van der Waals surface area contributed by atoms with Gasteiger partial charge in [-0.15, -0.1) is 0 Å². The summed E-state index contributed by atoms with van der Waals surface area (Å²) in [6.45, 7) is 1.85. The summed E-state index contributed by atoms with van der Waals surface area (Å²) in [5, 5.41) is 0.362. The third-order valence-electron chi connectivity index (χ3n) is 5.48. The zero-order valence-electron chi connectivity index (χ0n) is 19.7. The molecule has 0 saturated heterocycles. The molecular weight excluding hydrogens is 497 g/mol. The molecule has 0 aliphatic carbocycles. The first-order valence-corrected chi connectivity index (χ1v) is 14.9. The zero-order chi connectivity index (χ0) is 26.0. The van der Waals surface area contributed by atoms with Crippen LogP contribution in [0.15, 0.2) is 34.7 Å². The van der Waals surface area contributed by atoms with Crippen LogP contribution in [-0.4, -0.2) is 52.5 Å². The highest BCUT2D eigenvalue weighted by Gasteiger charge is 2.26. The predicted octanol–water partition coefficient (Wildman–Crippen LogP) is 2.81. The van der Waals surface area contributed by atoms with Gasteiger partial charge in [-0.2, -0.15) is 4.98 Å². The van der Waals surface area contributed by atoms with Gasteiger partial charge in [0.15, 0.2) is 0 Å². The number of hydrogen-bond acceptors (Lipinski definition) is 7. The number of rotatable bonds is 11. The number of halogens is 1. The Kier molecular flexibility index (Phi) is 7.85. The molecule has 3 aromatic rings. The third kappa shape index (κ3) is 6.57. The number of primary amides is 1. The molecule has 1 amide bonds. The van der Waals surface area contributed by atoms with Crippen molar-refractivity contribution < 1.29 is 30.4 Å². The molecule has 0 aliphatic rings. The number of fused-ring (bicyclic) bond motifs is 1. The van der Waals surface area contributed by atoms with E-state index in [1.54, 1.807) is 18.2 Å². The van der Waals surface area contributed by atoms with Crippen LogP contribution < -0.4 is 10.0 Å². The number of amides is 1. The van der Waals surface area contributed by atoms with Gasteiger partial charge in [0.1, 0.15) is 27.2 Å². The number of carbonyl (C=O) groups excluding carboxylic acids is 1. The van der Waals surface area contributed by atoms with Crippen molar-refractivity contribution >= 4 is 42.7 Å². The number of hydrogen-bond donors (Lipinski definition) is 1. The van der Waals surface area contributed by atoms with E-state index < -0.39 is 31.6 Å². The van der Waals surface area contributed by atoms with Crippen molar-refractivity contribution in [2.75, 3.05) is 29.1 Å². The maximum absolute atomic E-state index is 13.3. The van der Waals surface area contributed by atoms with Crippen molar-refractivity contribution in [3.8, 4) is 0 Å². The average molecular weight is 526 g/mol. The molecule has 0 saturated carbocycles. The molecule has 3 rings (SSSR count). The second kappa shape index (κ2) is 10.3. The van der Waals surface area contributed by atoms with Crippen molar-refractivity contribution in [1.29, 1.82) is 0 Å². The van der Waals surface area contributed by atoms with Crippen LogP contribution in [0.1, 0.15) is 47.0 Å². The number of benzene rings is 1. The molecule has 35 heavy (non-hydrogen) atoms. The lowest BCUT2D eigenvalue weighted by Gasteiger charge is -2.23. The summed E-state index contributed by atoms with van der Waals surface area (Å²) < 4.78 is 68.3. The number of sulfonamides is 1. The SMILES string of the molecule is CCc1cc2c(C(N)=O)c(Cc3ccc(F)cc3)oc2nc1N(CCCCS(C)(=O)=O)S(C)(=O)=O. The highest BCUT2D eigenvalue weighted by molar-refractivity contribution is 7.92. The molecule has 0 aliphatic heterocycles. The highest BCUT2D eigenvalue weighted by atomic mass is 32.2. The largest absolute Gasteiger partial charge is 0.441 e. The normalized spacial score (nSPS) is 12.2. The fraction of sp³-hybridized carbons (Fsp3) is 0.391. The number of carbonyl (C=O) groups is 1. The number of aromatic nitrogens is 1. The van der Waals surface area contributed by atoms with Gasteiger partial charge < -0.3 is 10.2 Å². The van der Waals surface area contributed by atoms with Crippen LogP contribution in [0, 0.1) is 5.82 Å². The molecule has 12 heteroatoms. The monoisotopic (exact) mass is 525 g/mol. The standard InChI is InChI=1S/C23H28FN3O6S2/c1-4-16-14-18-20(21(25)28)19(13-15-7-9-17(24)10-8-15)33-23(18)26-22(16)27(35(3,31)32)11-5-6-12-34(2,29)30/h7-10,14H,4-6,11-13H2,1-3H3,(H2,25,28). The van der Waals surface area contributed by atoms with Gasteiger partial charge in [-0.25, -0.2) is 21.2 Å². The smallest absolute Gasteiger partial charge is 0.252 e. The highest BCUT2D eigenvalue weighted by Crippen LogP contribution is 2.32. The minimum atomic E-state index is -3.75. The number of furan rings is 1. The van der Waals surface area contributed by atoms with Crippen LogP contribution in [0.3, 0.4) is 0 Å². The number of sulfone groups is 1. The molecule has 9 nitrogen and oxygen atoms in total. The molecule has 2 N–H and O–H groups in total. The second-order valence-electron chi connectivity index (χ2n) is 8.42. The Hall–Kier alpha value is -2.99. The summed E-state index contributed by atoms with van der Waals surface area (Å²) in [6, 6.07) is 7.35. The van der Waals surface area contributed by atoms with E-state index >= 15 is 0 Å². The van der Waals surface area contributed by atoms with E-state index in [4.69, 9.17) is 10.2 Å². The van der Waals surface area contributed by atoms with Crippen molar-refractivity contribution in [3.05, 3.63) is 58.6 Å². The fourth-order valence-corrected chi connectivity index (χ4v) is 5.47. The van der Waals surface area contributed by atoms with Gasteiger partial charge in [0, 0.05) is 25.0 Å². The number of nitrogens with zero attached hydrogens (tertiary/aromatic N) is 2. The second-order valence-corrected chi connectivity index (χ2v) is 12.6. The number of nitrogens with two attached hydrogens (primary N) is 1. The van der Waals surface area contributed by atoms with Gasteiger partial charge >= 0.3 is 0 Å². The van der Waals surface area contributed by atoms with Gasteiger partial charge in [-0.05, 0) is 48.6 Å². The minimum Gasteiger partial charge on any atom is -0.441 e. The van der Waals surface area contributed by atoms with E-state index in [-0.39, 0.29) is 41.6 Å². The fourth-order valence-electron chi connectivity index (χ4n) is 3.81. The molecule has 0 radical (unpaired) electrons. The van der Waals surface area contributed by atoms with Crippen molar-refractivity contribution in [2.24, 2.45) is 5.73 Å². The molecule has 1 aromatic carbocycles. The van der Waals surface area contributed by atoms with E-state index in [1.165, 1.54) is 12.1 Å². The zero-order valence-corrected chi connectivity index (χ0v) is 21.4. The average Bonchev–Trinajstić information content (AvgIpc) is 3.09. The van der Waals surface area contributed by atoms with Gasteiger partial charge in [-0.3, -0.25) is 9.10 Å². The quantitative estimate of drug-likeness (QED) is 0.380. The van der Waals surface area contributed by atoms with Crippen molar-refractivity contribution in [3.63, 3.8) is 0 Å². The Morgan fingerprint density at radius 3 is 2.31 bits per heavy atom. The van der Waals surface area contributed by atoms with Gasteiger partial charge in [-0.1, -0.05) is 19.1 Å². The number of aryl methyl sites for hydroxylation is 1. The van der Waals surface area contributed by atoms with Crippen LogP contribution in [0.5, 0.6) is 0 Å². The summed E-state index contributed by atoms with van der Waals surface area (Å²) in [5.41, 5.74) is 7.07. The van der Waals surface area contributed by atoms with Crippen molar-refractivity contribution in [1.82, 2.24) is 4.98 Å². The summed E-state index contributed by atoms with van der Waals surface area (Å²) in [4.78, 5) is 16.7. The van der Waals surface area contributed by atoms with Crippen molar-refractivity contribution in [2.45, 2.75) is 32.6 Å². The molecule has 0 bridgehead atoms. The van der Waals surface area contributed by atoms with Gasteiger partial charge in [0.05, 0.1) is 17.2 Å². The molecule has 190 valence electrons. The summed E-state index contributed by atoms with van der Waals surface area (Å²) in [6.07, 6.45) is 3.35. The first-order valence-electron chi connectivity index (χ1n) is 10.9. The molecule has 0 spiro atoms. The third-order valence-corrected chi connectivity index (χ3v) is 7.67. The van der Waals surface area contributed by atoms with Gasteiger partial charge in [0.25, 0.3) is 5.91 Å². The summed E-state index contributed by atoms with van der Waals surface area (Å²) in [7, 11) is -6.92. The number of unbranched alkanes of at least 4 members (excludes halogenated alkanes) is 1. The van der Waals surface area contributed by atoms with E-state index in [0.717, 1.165) is 16.8 Å². The van der Waals surface area contributed by atoms with Crippen LogP contribution in [0.2, 0.25) is 0 Å². The van der Waals surface area contributed by atoms with Gasteiger partial charge in [0.2, 0.25) is 15.7 Å². The first kappa shape index (κ1) is 26.6. The maximum atomic E-state index is 13.3. The first-order chi connectivity index (χ1) is 16.3.